The number of sulfone groups is 1. The maximum absolute atomic E-state index is 12.0. The van der Waals surface area contributed by atoms with Crippen molar-refractivity contribution >= 4 is 21.4 Å². The summed E-state index contributed by atoms with van der Waals surface area (Å²) < 4.78 is 28.3. The molecule has 114 valence electrons. The van der Waals surface area contributed by atoms with Gasteiger partial charge >= 0.3 is 5.97 Å². The molecule has 0 saturated heterocycles. The molecule has 1 aromatic rings. The smallest absolute Gasteiger partial charge is 0.339 e. The van der Waals surface area contributed by atoms with Crippen LogP contribution < -0.4 is 0 Å². The van der Waals surface area contributed by atoms with Crippen molar-refractivity contribution in [1.82, 2.24) is 0 Å². The van der Waals surface area contributed by atoms with Crippen LogP contribution in [-0.2, 0) is 19.4 Å². The van der Waals surface area contributed by atoms with Crippen LogP contribution in [0.1, 0.15) is 12.0 Å². The number of carbonyl (C=O) groups excluding carboxylic acids is 1. The molecule has 0 spiro atoms. The van der Waals surface area contributed by atoms with Gasteiger partial charge < -0.3 is 4.74 Å². The van der Waals surface area contributed by atoms with Crippen LogP contribution in [0.4, 0.5) is 0 Å². The van der Waals surface area contributed by atoms with Gasteiger partial charge in [-0.15, -0.1) is 0 Å². The highest BCUT2D eigenvalue weighted by atomic mass is 32.2. The quantitative estimate of drug-likeness (QED) is 0.804. The van der Waals surface area contributed by atoms with Crippen LogP contribution in [0.2, 0.25) is 0 Å². The molecule has 0 N–H and O–H groups in total. The standard InChI is InChI=1S/C17H16O4S/c1-22(19,20)14-9-7-12(8-10-14)15-11-21-17(18)16(15)13-5-3-2-4-6-13/h2-7,9-10,12H,8,11H2,1H3. The van der Waals surface area contributed by atoms with Gasteiger partial charge in [-0.25, -0.2) is 13.2 Å². The zero-order valence-corrected chi connectivity index (χ0v) is 13.0. The lowest BCUT2D eigenvalue weighted by molar-refractivity contribution is -0.134. The third-order valence-electron chi connectivity index (χ3n) is 3.89. The number of allylic oxidation sites excluding steroid dienone is 3. The molecule has 2 aliphatic rings. The first kappa shape index (κ1) is 14.8. The largest absolute Gasteiger partial charge is 0.457 e. The molecule has 1 aliphatic carbocycles. The first-order chi connectivity index (χ1) is 10.5. The summed E-state index contributed by atoms with van der Waals surface area (Å²) in [7, 11) is -3.19. The van der Waals surface area contributed by atoms with Gasteiger partial charge in [-0.2, -0.15) is 0 Å². The van der Waals surface area contributed by atoms with Gasteiger partial charge in [0, 0.05) is 12.2 Å². The molecule has 0 amide bonds. The second-order valence-electron chi connectivity index (χ2n) is 5.42. The molecule has 0 saturated carbocycles. The Morgan fingerprint density at radius 3 is 2.50 bits per heavy atom. The summed E-state index contributed by atoms with van der Waals surface area (Å²) in [5, 5.41) is 0. The Balaban J connectivity index is 1.95. The second-order valence-corrected chi connectivity index (χ2v) is 7.44. The first-order valence-corrected chi connectivity index (χ1v) is 8.90. The Labute approximate surface area is 129 Å². The molecular formula is C17H16O4S. The van der Waals surface area contributed by atoms with E-state index in [2.05, 4.69) is 0 Å². The number of ether oxygens (including phenoxy) is 1. The number of carbonyl (C=O) groups is 1. The summed E-state index contributed by atoms with van der Waals surface area (Å²) in [5.41, 5.74) is 2.36. The Kier molecular flexibility index (Phi) is 3.74. The summed E-state index contributed by atoms with van der Waals surface area (Å²) in [6.45, 7) is 0.264. The second kappa shape index (κ2) is 5.57. The van der Waals surface area contributed by atoms with Crippen LogP contribution in [0.25, 0.3) is 5.57 Å². The first-order valence-electron chi connectivity index (χ1n) is 7.01. The van der Waals surface area contributed by atoms with Crippen molar-refractivity contribution in [3.8, 4) is 0 Å². The average Bonchev–Trinajstić information content (AvgIpc) is 2.89. The summed E-state index contributed by atoms with van der Waals surface area (Å²) in [6, 6.07) is 9.41. The molecule has 0 fully saturated rings. The van der Waals surface area contributed by atoms with Crippen LogP contribution in [0.3, 0.4) is 0 Å². The number of hydrogen-bond donors (Lipinski definition) is 0. The number of esters is 1. The summed E-state index contributed by atoms with van der Waals surface area (Å²) in [5.74, 6) is -0.320. The minimum atomic E-state index is -3.19. The van der Waals surface area contributed by atoms with Gasteiger partial charge in [-0.05, 0) is 23.6 Å². The van der Waals surface area contributed by atoms with Crippen LogP contribution >= 0.6 is 0 Å². The van der Waals surface area contributed by atoms with Gasteiger partial charge in [0.05, 0.1) is 10.5 Å². The predicted octanol–water partition coefficient (Wildman–Crippen LogP) is 2.50. The number of cyclic esters (lactones) is 1. The molecule has 0 bridgehead atoms. The van der Waals surface area contributed by atoms with Gasteiger partial charge in [0.1, 0.15) is 6.61 Å². The Bertz CT molecular complexity index is 798. The maximum atomic E-state index is 12.0. The van der Waals surface area contributed by atoms with E-state index in [1.54, 1.807) is 12.2 Å². The van der Waals surface area contributed by atoms with Gasteiger partial charge in [0.2, 0.25) is 0 Å². The van der Waals surface area contributed by atoms with E-state index in [0.717, 1.165) is 11.1 Å². The van der Waals surface area contributed by atoms with Crippen molar-refractivity contribution in [1.29, 1.82) is 0 Å². The van der Waals surface area contributed by atoms with Crippen LogP contribution in [-0.4, -0.2) is 27.2 Å². The van der Waals surface area contributed by atoms with Crippen LogP contribution in [0, 0.1) is 5.92 Å². The maximum Gasteiger partial charge on any atom is 0.339 e. The number of rotatable bonds is 3. The molecule has 4 nitrogen and oxygen atoms in total. The van der Waals surface area contributed by atoms with Crippen molar-refractivity contribution < 1.29 is 17.9 Å². The predicted molar refractivity (Wildman–Crippen MR) is 84.5 cm³/mol. The molecular weight excluding hydrogens is 300 g/mol. The summed E-state index contributed by atoms with van der Waals surface area (Å²) in [4.78, 5) is 12.4. The third kappa shape index (κ3) is 2.76. The summed E-state index contributed by atoms with van der Waals surface area (Å²) >= 11 is 0. The van der Waals surface area contributed by atoms with Crippen molar-refractivity contribution in [3.05, 3.63) is 64.6 Å². The molecule has 1 unspecified atom stereocenters. The van der Waals surface area contributed by atoms with Gasteiger partial charge in [-0.1, -0.05) is 42.5 Å². The van der Waals surface area contributed by atoms with Crippen molar-refractivity contribution in [2.75, 3.05) is 12.9 Å². The number of hydrogen-bond acceptors (Lipinski definition) is 4. The lowest BCUT2D eigenvalue weighted by Gasteiger charge is -2.17. The van der Waals surface area contributed by atoms with Crippen LogP contribution in [0.15, 0.2) is 59.0 Å². The van der Waals surface area contributed by atoms with E-state index in [4.69, 9.17) is 4.74 Å². The fourth-order valence-corrected chi connectivity index (χ4v) is 3.48. The zero-order valence-electron chi connectivity index (χ0n) is 12.2. The van der Waals surface area contributed by atoms with Gasteiger partial charge in [0.15, 0.2) is 9.84 Å². The molecule has 1 aromatic carbocycles. The van der Waals surface area contributed by atoms with E-state index >= 15 is 0 Å². The zero-order chi connectivity index (χ0) is 15.7. The molecule has 1 aliphatic heterocycles. The van der Waals surface area contributed by atoms with E-state index in [-0.39, 0.29) is 18.5 Å². The minimum Gasteiger partial charge on any atom is -0.457 e. The average molecular weight is 316 g/mol. The minimum absolute atomic E-state index is 0.00726. The lowest BCUT2D eigenvalue weighted by Crippen LogP contribution is -2.09. The molecule has 3 rings (SSSR count). The van der Waals surface area contributed by atoms with E-state index in [1.807, 2.05) is 36.4 Å². The lowest BCUT2D eigenvalue weighted by atomic mass is 9.88. The van der Waals surface area contributed by atoms with E-state index < -0.39 is 9.84 Å². The molecule has 5 heteroatoms. The van der Waals surface area contributed by atoms with E-state index in [0.29, 0.717) is 16.9 Å². The molecule has 22 heavy (non-hydrogen) atoms. The highest BCUT2D eigenvalue weighted by Gasteiger charge is 2.30. The summed E-state index contributed by atoms with van der Waals surface area (Å²) in [6.07, 6.45) is 6.92. The van der Waals surface area contributed by atoms with Crippen LogP contribution in [0.5, 0.6) is 0 Å². The Morgan fingerprint density at radius 1 is 1.18 bits per heavy atom. The molecule has 0 aromatic heterocycles. The third-order valence-corrected chi connectivity index (χ3v) is 5.05. The van der Waals surface area contributed by atoms with E-state index in [9.17, 15) is 13.2 Å². The topological polar surface area (TPSA) is 60.4 Å². The highest BCUT2D eigenvalue weighted by Crippen LogP contribution is 2.35. The van der Waals surface area contributed by atoms with Crippen molar-refractivity contribution in [2.45, 2.75) is 6.42 Å². The molecule has 1 atom stereocenters. The fourth-order valence-electron chi connectivity index (χ4n) is 2.75. The van der Waals surface area contributed by atoms with E-state index in [1.165, 1.54) is 6.26 Å². The van der Waals surface area contributed by atoms with Crippen molar-refractivity contribution in [3.63, 3.8) is 0 Å². The number of benzene rings is 1. The molecule has 1 heterocycles. The SMILES string of the molecule is CS(=O)(=O)C1=CCC(C2=C(c3ccccc3)C(=O)OC2)C=C1. The fraction of sp³-hybridized carbons (Fsp3) is 0.235. The van der Waals surface area contributed by atoms with Crippen molar-refractivity contribution in [2.24, 2.45) is 5.92 Å². The van der Waals surface area contributed by atoms with Gasteiger partial charge in [-0.3, -0.25) is 0 Å². The van der Waals surface area contributed by atoms with Gasteiger partial charge in [0.25, 0.3) is 0 Å². The molecule has 0 radical (unpaired) electrons. The Morgan fingerprint density at radius 2 is 1.91 bits per heavy atom. The monoisotopic (exact) mass is 316 g/mol. The Hall–Kier alpha value is -2.14. The highest BCUT2D eigenvalue weighted by molar-refractivity contribution is 7.94. The normalized spacial score (nSPS) is 21.8.